The van der Waals surface area contributed by atoms with Crippen LogP contribution in [0, 0.1) is 13.8 Å². The first kappa shape index (κ1) is 33.5. The average molecular weight is 682 g/mol. The zero-order chi connectivity index (χ0) is 34.1. The normalized spacial score (nSPS) is 20.7. The highest BCUT2D eigenvalue weighted by Gasteiger charge is 2.45. The highest BCUT2D eigenvalue weighted by molar-refractivity contribution is 7.80. The maximum atomic E-state index is 14.0. The molecule has 1 fully saturated rings. The zero-order valence-electron chi connectivity index (χ0n) is 27.2. The number of likely N-dealkylation sites (tertiary alicyclic amines) is 1. The summed E-state index contributed by atoms with van der Waals surface area (Å²) < 4.78 is 5.76. The van der Waals surface area contributed by atoms with Crippen LogP contribution in [-0.2, 0) is 16.1 Å². The summed E-state index contributed by atoms with van der Waals surface area (Å²) in [5.74, 6) is -4.04. The minimum Gasteiger partial charge on any atom is -0.511 e. The molecule has 3 aliphatic heterocycles. The second kappa shape index (κ2) is 14.0. The molecule has 3 heterocycles. The van der Waals surface area contributed by atoms with Crippen molar-refractivity contribution in [2.45, 2.75) is 57.4 Å². The molecule has 0 aromatic heterocycles. The smallest absolute Gasteiger partial charge is 0.256 e. The van der Waals surface area contributed by atoms with Crippen molar-refractivity contribution in [3.63, 3.8) is 0 Å². The maximum Gasteiger partial charge on any atom is 0.256 e. The van der Waals surface area contributed by atoms with Gasteiger partial charge in [-0.3, -0.25) is 14.5 Å². The Bertz CT molecular complexity index is 1780. The van der Waals surface area contributed by atoms with Gasteiger partial charge in [0.2, 0.25) is 0 Å². The zero-order valence-corrected chi connectivity index (χ0v) is 28.8. The van der Waals surface area contributed by atoms with E-state index >= 15 is 0 Å². The number of aliphatic hydroxyl groups excluding tert-OH is 2. The van der Waals surface area contributed by atoms with E-state index in [1.807, 2.05) is 74.5 Å². The lowest BCUT2D eigenvalue weighted by Gasteiger charge is -2.35. The fraction of sp³-hybridized carbons (Fsp3) is 0.316. The van der Waals surface area contributed by atoms with Gasteiger partial charge in [0.05, 0.1) is 46.0 Å². The molecule has 0 bridgehead atoms. The number of ether oxygens (including phenoxy) is 1. The van der Waals surface area contributed by atoms with Crippen molar-refractivity contribution in [1.29, 1.82) is 0 Å². The van der Waals surface area contributed by atoms with Crippen LogP contribution < -0.4 is 15.4 Å². The summed E-state index contributed by atoms with van der Waals surface area (Å²) in [4.78, 5) is 30.7. The number of hydrogen-bond acceptors (Lipinski definition) is 8. The molecular weight excluding hydrogens is 643 g/mol. The molecule has 48 heavy (non-hydrogen) atoms. The van der Waals surface area contributed by atoms with E-state index in [0.717, 1.165) is 42.6 Å². The SMILES string of the molecule is COc1ccc(C(C2=C(O)[C@H](c3cccc(C)c3)C(=S)NC2=O)C2=C(O)[C@H](c3cccc(C)c3)C(=S)NC2=O)cc1CN1CCCCC1. The molecular formula is C38H39N3O5S2. The Morgan fingerprint density at radius 3 is 1.79 bits per heavy atom. The van der Waals surface area contributed by atoms with Gasteiger partial charge in [-0.25, -0.2) is 0 Å². The number of rotatable bonds is 8. The lowest BCUT2D eigenvalue weighted by molar-refractivity contribution is -0.117. The van der Waals surface area contributed by atoms with Crippen LogP contribution in [0.15, 0.2) is 89.4 Å². The van der Waals surface area contributed by atoms with Crippen LogP contribution in [0.2, 0.25) is 0 Å². The van der Waals surface area contributed by atoms with Crippen LogP contribution in [0.1, 0.15) is 70.4 Å². The molecule has 2 atom stereocenters. The van der Waals surface area contributed by atoms with Crippen LogP contribution in [0.4, 0.5) is 0 Å². The number of carbonyl (C=O) groups is 2. The molecule has 4 N–H and O–H groups in total. The topological polar surface area (TPSA) is 111 Å². The molecule has 6 rings (SSSR count). The van der Waals surface area contributed by atoms with Crippen molar-refractivity contribution >= 4 is 46.2 Å². The number of thiocarbonyl (C=S) groups is 2. The van der Waals surface area contributed by atoms with Crippen molar-refractivity contribution in [3.05, 3.63) is 123 Å². The predicted molar refractivity (Wildman–Crippen MR) is 193 cm³/mol. The standard InChI is InChI=1S/C38H39N3O5S2/c1-21-9-7-11-23(17-21)29-33(42)31(35(44)39-37(29)47)28(25-13-14-27(46-3)26(19-25)20-41-15-5-4-6-16-41)32-34(43)30(38(48)40-36(32)45)24-12-8-10-22(2)18-24/h7-14,17-19,28-30,42-43H,4-6,15-16,20H2,1-3H3,(H,39,44,47)(H,40,45,48)/t29-,30-/m0/s1. The second-order valence-electron chi connectivity index (χ2n) is 12.8. The van der Waals surface area contributed by atoms with Gasteiger partial charge in [0, 0.05) is 12.1 Å². The lowest BCUT2D eigenvalue weighted by Crippen LogP contribution is -2.46. The summed E-state index contributed by atoms with van der Waals surface area (Å²) in [6, 6.07) is 20.6. The molecule has 0 aliphatic carbocycles. The third kappa shape index (κ3) is 6.52. The van der Waals surface area contributed by atoms with Crippen molar-refractivity contribution < 1.29 is 24.5 Å². The predicted octanol–water partition coefficient (Wildman–Crippen LogP) is 6.49. The number of carbonyl (C=O) groups excluding carboxylic acids is 2. The van der Waals surface area contributed by atoms with E-state index in [1.54, 1.807) is 13.2 Å². The van der Waals surface area contributed by atoms with E-state index in [9.17, 15) is 19.8 Å². The molecule has 2 amide bonds. The van der Waals surface area contributed by atoms with Gasteiger partial charge in [0.1, 0.15) is 17.3 Å². The largest absolute Gasteiger partial charge is 0.511 e. The number of aliphatic hydroxyl groups is 2. The molecule has 248 valence electrons. The highest BCUT2D eigenvalue weighted by atomic mass is 32.1. The van der Waals surface area contributed by atoms with Crippen LogP contribution >= 0.6 is 24.4 Å². The maximum absolute atomic E-state index is 14.0. The van der Waals surface area contributed by atoms with Crippen LogP contribution in [0.5, 0.6) is 5.75 Å². The van der Waals surface area contributed by atoms with Crippen LogP contribution in [0.3, 0.4) is 0 Å². The van der Waals surface area contributed by atoms with E-state index in [1.165, 1.54) is 6.42 Å². The van der Waals surface area contributed by atoms with E-state index in [0.29, 0.717) is 29.0 Å². The summed E-state index contributed by atoms with van der Waals surface area (Å²) in [6.07, 6.45) is 3.40. The van der Waals surface area contributed by atoms with Crippen molar-refractivity contribution in [2.75, 3.05) is 20.2 Å². The molecule has 0 saturated carbocycles. The number of aryl methyl sites for hydroxylation is 2. The fourth-order valence-electron chi connectivity index (χ4n) is 7.11. The highest BCUT2D eigenvalue weighted by Crippen LogP contribution is 2.45. The first-order valence-electron chi connectivity index (χ1n) is 16.2. The quantitative estimate of drug-likeness (QED) is 0.200. The Kier molecular flexibility index (Phi) is 9.78. The fourth-order valence-corrected chi connectivity index (χ4v) is 7.79. The number of benzene rings is 3. The third-order valence-corrected chi connectivity index (χ3v) is 10.1. The number of amides is 2. The number of piperidine rings is 1. The molecule has 3 aromatic carbocycles. The number of nitrogens with zero attached hydrogens (tertiary/aromatic N) is 1. The number of hydrogen-bond donors (Lipinski definition) is 4. The van der Waals surface area contributed by atoms with Crippen LogP contribution in [-0.4, -0.2) is 57.1 Å². The summed E-state index contributed by atoms with van der Waals surface area (Å²) >= 11 is 11.2. The van der Waals surface area contributed by atoms with Gasteiger partial charge in [-0.15, -0.1) is 0 Å². The van der Waals surface area contributed by atoms with E-state index < -0.39 is 29.6 Å². The third-order valence-electron chi connectivity index (χ3n) is 9.39. The average Bonchev–Trinajstić information content (AvgIpc) is 3.04. The van der Waals surface area contributed by atoms with Crippen molar-refractivity contribution in [3.8, 4) is 5.75 Å². The first-order chi connectivity index (χ1) is 23.1. The Balaban J connectivity index is 1.59. The number of methoxy groups -OCH3 is 1. The van der Waals surface area contributed by atoms with Gasteiger partial charge in [0.15, 0.2) is 0 Å². The Morgan fingerprint density at radius 2 is 1.31 bits per heavy atom. The molecule has 0 unspecified atom stereocenters. The summed E-state index contributed by atoms with van der Waals surface area (Å²) in [5.41, 5.74) is 4.55. The molecule has 3 aromatic rings. The monoisotopic (exact) mass is 681 g/mol. The molecule has 1 saturated heterocycles. The molecule has 8 nitrogen and oxygen atoms in total. The molecule has 0 spiro atoms. The minimum absolute atomic E-state index is 0.0725. The van der Waals surface area contributed by atoms with E-state index in [2.05, 4.69) is 15.5 Å². The van der Waals surface area contributed by atoms with Crippen molar-refractivity contribution in [2.24, 2.45) is 0 Å². The van der Waals surface area contributed by atoms with Gasteiger partial charge in [-0.1, -0.05) is 96.6 Å². The van der Waals surface area contributed by atoms with Crippen molar-refractivity contribution in [1.82, 2.24) is 15.5 Å². The Morgan fingerprint density at radius 1 is 0.792 bits per heavy atom. The molecule has 3 aliphatic rings. The lowest BCUT2D eigenvalue weighted by atomic mass is 9.75. The summed E-state index contributed by atoms with van der Waals surface area (Å²) in [7, 11) is 1.61. The summed E-state index contributed by atoms with van der Waals surface area (Å²) in [6.45, 7) is 6.37. The van der Waals surface area contributed by atoms with Gasteiger partial charge < -0.3 is 25.6 Å². The van der Waals surface area contributed by atoms with Gasteiger partial charge in [-0.05, 0) is 68.6 Å². The Hall–Kier alpha value is -4.38. The van der Waals surface area contributed by atoms with Gasteiger partial charge in [0.25, 0.3) is 11.8 Å². The minimum atomic E-state index is -1.18. The van der Waals surface area contributed by atoms with Gasteiger partial charge >= 0.3 is 0 Å². The van der Waals surface area contributed by atoms with Gasteiger partial charge in [-0.2, -0.15) is 0 Å². The van der Waals surface area contributed by atoms with E-state index in [4.69, 9.17) is 29.2 Å². The molecule has 10 heteroatoms. The molecule has 0 radical (unpaired) electrons. The van der Waals surface area contributed by atoms with Crippen LogP contribution in [0.25, 0.3) is 0 Å². The number of nitrogens with one attached hydrogen (secondary N) is 2. The Labute approximate surface area is 291 Å². The first-order valence-corrected chi connectivity index (χ1v) is 17.0. The summed E-state index contributed by atoms with van der Waals surface area (Å²) in [5, 5.41) is 29.8. The van der Waals surface area contributed by atoms with E-state index in [-0.39, 0.29) is 32.6 Å². The second-order valence-corrected chi connectivity index (χ2v) is 13.6.